The van der Waals surface area contributed by atoms with E-state index < -0.39 is 0 Å². The highest BCUT2D eigenvalue weighted by Crippen LogP contribution is 2.39. The highest BCUT2D eigenvalue weighted by molar-refractivity contribution is 4.92. The Morgan fingerprint density at radius 2 is 2.00 bits per heavy atom. The maximum atomic E-state index is 5.41. The topological polar surface area (TPSA) is 21.3 Å². The van der Waals surface area contributed by atoms with Gasteiger partial charge in [-0.2, -0.15) is 0 Å². The molecule has 2 aliphatic heterocycles. The molecule has 0 aromatic carbocycles. The number of piperidine rings is 1. The van der Waals surface area contributed by atoms with E-state index in [4.69, 9.17) is 4.74 Å². The van der Waals surface area contributed by atoms with E-state index in [1.54, 1.807) is 0 Å². The minimum absolute atomic E-state index is 0.448. The van der Waals surface area contributed by atoms with Gasteiger partial charge in [0.05, 0.1) is 6.61 Å². The number of nitrogens with one attached hydrogen (secondary N) is 1. The van der Waals surface area contributed by atoms with Gasteiger partial charge < -0.3 is 10.1 Å². The quantitative estimate of drug-likeness (QED) is 0.568. The van der Waals surface area contributed by atoms with E-state index >= 15 is 0 Å². The lowest BCUT2D eigenvalue weighted by Crippen LogP contribution is -2.39. The summed E-state index contributed by atoms with van der Waals surface area (Å²) >= 11 is 0. The zero-order valence-electron chi connectivity index (χ0n) is 6.94. The molecule has 2 aliphatic rings. The lowest BCUT2D eigenvalue weighted by Gasteiger charge is -2.39. The Kier molecular flexibility index (Phi) is 2.14. The van der Waals surface area contributed by atoms with Crippen molar-refractivity contribution in [2.75, 3.05) is 19.7 Å². The molecule has 2 fully saturated rings. The molecule has 2 rings (SSSR count). The minimum Gasteiger partial charge on any atom is -0.375 e. The van der Waals surface area contributed by atoms with Crippen LogP contribution in [0.15, 0.2) is 0 Å². The summed E-state index contributed by atoms with van der Waals surface area (Å²) in [6, 6.07) is 0. The van der Waals surface area contributed by atoms with Crippen molar-refractivity contribution in [3.63, 3.8) is 0 Å². The molecule has 2 heterocycles. The summed E-state index contributed by atoms with van der Waals surface area (Å²) in [5.41, 5.74) is 0.448. The van der Waals surface area contributed by atoms with Crippen LogP contribution >= 0.6 is 0 Å². The Morgan fingerprint density at radius 3 is 2.64 bits per heavy atom. The third kappa shape index (κ3) is 1.57. The highest BCUT2D eigenvalue weighted by atomic mass is 16.5. The largest absolute Gasteiger partial charge is 0.375 e. The van der Waals surface area contributed by atoms with Gasteiger partial charge in [-0.05, 0) is 38.8 Å². The first kappa shape index (κ1) is 7.56. The SMILES string of the molecule is [CH]1OCCCC12CCNCC2. The van der Waals surface area contributed by atoms with E-state index in [0.29, 0.717) is 5.41 Å². The molecular weight excluding hydrogens is 138 g/mol. The van der Waals surface area contributed by atoms with E-state index in [-0.39, 0.29) is 0 Å². The van der Waals surface area contributed by atoms with E-state index in [0.717, 1.165) is 6.61 Å². The van der Waals surface area contributed by atoms with E-state index in [1.165, 1.54) is 38.8 Å². The molecule has 11 heavy (non-hydrogen) atoms. The molecule has 0 bridgehead atoms. The van der Waals surface area contributed by atoms with Gasteiger partial charge in [-0.1, -0.05) is 0 Å². The first-order valence-corrected chi connectivity index (χ1v) is 4.58. The monoisotopic (exact) mass is 154 g/mol. The van der Waals surface area contributed by atoms with Gasteiger partial charge in [0.15, 0.2) is 0 Å². The zero-order chi connectivity index (χ0) is 7.57. The van der Waals surface area contributed by atoms with Crippen LogP contribution in [-0.4, -0.2) is 19.7 Å². The average Bonchev–Trinajstić information content (AvgIpc) is 2.07. The summed E-state index contributed by atoms with van der Waals surface area (Å²) in [5.74, 6) is 0. The number of ether oxygens (including phenoxy) is 1. The Balaban J connectivity index is 1.94. The molecule has 1 N–H and O–H groups in total. The van der Waals surface area contributed by atoms with E-state index in [9.17, 15) is 0 Å². The van der Waals surface area contributed by atoms with Crippen molar-refractivity contribution in [2.24, 2.45) is 5.41 Å². The molecule has 0 aromatic rings. The molecule has 1 radical (unpaired) electrons. The Bertz CT molecular complexity index is 104. The third-order valence-corrected chi connectivity index (χ3v) is 2.87. The predicted molar refractivity (Wildman–Crippen MR) is 44.0 cm³/mol. The van der Waals surface area contributed by atoms with Crippen LogP contribution < -0.4 is 5.32 Å². The van der Waals surface area contributed by atoms with E-state index in [1.807, 2.05) is 0 Å². The lowest BCUT2D eigenvalue weighted by molar-refractivity contribution is 0.0334. The minimum atomic E-state index is 0.448. The maximum absolute atomic E-state index is 5.41. The van der Waals surface area contributed by atoms with Crippen LogP contribution in [0.2, 0.25) is 0 Å². The summed E-state index contributed by atoms with van der Waals surface area (Å²) in [5, 5.41) is 3.38. The average molecular weight is 154 g/mol. The van der Waals surface area contributed by atoms with Crippen LogP contribution in [0.5, 0.6) is 0 Å². The molecule has 2 nitrogen and oxygen atoms in total. The Morgan fingerprint density at radius 1 is 1.18 bits per heavy atom. The number of hydrogen-bond acceptors (Lipinski definition) is 2. The summed E-state index contributed by atoms with van der Waals surface area (Å²) in [6.07, 6.45) is 5.13. The van der Waals surface area contributed by atoms with Crippen molar-refractivity contribution >= 4 is 0 Å². The molecule has 0 atom stereocenters. The molecule has 0 unspecified atom stereocenters. The third-order valence-electron chi connectivity index (χ3n) is 2.87. The fourth-order valence-electron chi connectivity index (χ4n) is 2.09. The second-order valence-electron chi connectivity index (χ2n) is 3.70. The van der Waals surface area contributed by atoms with Gasteiger partial charge in [-0.25, -0.2) is 0 Å². The fraction of sp³-hybridized carbons (Fsp3) is 0.889. The van der Waals surface area contributed by atoms with Crippen LogP contribution in [-0.2, 0) is 4.74 Å². The van der Waals surface area contributed by atoms with Crippen LogP contribution in [0.25, 0.3) is 0 Å². The molecule has 0 amide bonds. The molecule has 63 valence electrons. The maximum Gasteiger partial charge on any atom is 0.0899 e. The summed E-state index contributed by atoms with van der Waals surface area (Å²) in [6.45, 7) is 5.38. The highest BCUT2D eigenvalue weighted by Gasteiger charge is 2.34. The van der Waals surface area contributed by atoms with Crippen molar-refractivity contribution < 1.29 is 4.74 Å². The molecule has 2 saturated heterocycles. The lowest BCUT2D eigenvalue weighted by atomic mass is 9.75. The van der Waals surface area contributed by atoms with Gasteiger partial charge in [0, 0.05) is 12.0 Å². The number of rotatable bonds is 0. The van der Waals surface area contributed by atoms with Crippen LogP contribution in [0.3, 0.4) is 0 Å². The van der Waals surface area contributed by atoms with Gasteiger partial charge in [0.2, 0.25) is 0 Å². The standard InChI is InChI=1S/C9H16NO/c1-2-9(8-11-7-1)3-5-10-6-4-9/h8,10H,1-7H2. The van der Waals surface area contributed by atoms with Crippen molar-refractivity contribution in [2.45, 2.75) is 25.7 Å². The van der Waals surface area contributed by atoms with Gasteiger partial charge in [-0.15, -0.1) is 0 Å². The Hall–Kier alpha value is -0.0800. The van der Waals surface area contributed by atoms with Gasteiger partial charge in [0.25, 0.3) is 0 Å². The summed E-state index contributed by atoms with van der Waals surface area (Å²) in [7, 11) is 0. The summed E-state index contributed by atoms with van der Waals surface area (Å²) < 4.78 is 5.41. The second kappa shape index (κ2) is 3.11. The van der Waals surface area contributed by atoms with Gasteiger partial charge in [-0.3, -0.25) is 0 Å². The number of hydrogen-bond donors (Lipinski definition) is 1. The van der Waals surface area contributed by atoms with Crippen molar-refractivity contribution in [3.8, 4) is 0 Å². The molecule has 1 spiro atoms. The normalized spacial score (nSPS) is 30.5. The van der Waals surface area contributed by atoms with Gasteiger partial charge >= 0.3 is 0 Å². The van der Waals surface area contributed by atoms with Crippen LogP contribution in [0, 0.1) is 12.0 Å². The van der Waals surface area contributed by atoms with Crippen LogP contribution in [0.4, 0.5) is 0 Å². The zero-order valence-corrected chi connectivity index (χ0v) is 6.94. The van der Waals surface area contributed by atoms with Crippen molar-refractivity contribution in [1.82, 2.24) is 5.32 Å². The van der Waals surface area contributed by atoms with E-state index in [2.05, 4.69) is 11.9 Å². The van der Waals surface area contributed by atoms with Crippen molar-refractivity contribution in [3.05, 3.63) is 6.61 Å². The van der Waals surface area contributed by atoms with Crippen molar-refractivity contribution in [1.29, 1.82) is 0 Å². The van der Waals surface area contributed by atoms with Crippen LogP contribution in [0.1, 0.15) is 25.7 Å². The summed E-state index contributed by atoms with van der Waals surface area (Å²) in [4.78, 5) is 0. The molecule has 0 aromatic heterocycles. The second-order valence-corrected chi connectivity index (χ2v) is 3.70. The van der Waals surface area contributed by atoms with Gasteiger partial charge in [0.1, 0.15) is 0 Å². The Labute approximate surface area is 68.3 Å². The molecule has 2 heteroatoms. The smallest absolute Gasteiger partial charge is 0.0899 e. The molecule has 0 saturated carbocycles. The first-order chi connectivity index (χ1) is 5.41. The predicted octanol–water partition coefficient (Wildman–Crippen LogP) is 1.33. The first-order valence-electron chi connectivity index (χ1n) is 4.58. The molecular formula is C9H16NO. The molecule has 0 aliphatic carbocycles. The fourth-order valence-corrected chi connectivity index (χ4v) is 2.09.